The van der Waals surface area contributed by atoms with E-state index in [9.17, 15) is 24.6 Å². The summed E-state index contributed by atoms with van der Waals surface area (Å²) in [7, 11) is 1.44. The maximum absolute atomic E-state index is 13.3. The SMILES string of the molecule is COc1cc(/C=C(\C#N)C(=O)Nc2cccc([N+](=O)[O-])c2)ccc1OCc1cccc(F)c1. The number of benzene rings is 3. The molecule has 1 N–H and O–H groups in total. The van der Waals surface area contributed by atoms with Gasteiger partial charge in [0.15, 0.2) is 11.5 Å². The van der Waals surface area contributed by atoms with Gasteiger partial charge in [-0.1, -0.05) is 24.3 Å². The molecular weight excluding hydrogens is 429 g/mol. The van der Waals surface area contributed by atoms with Crippen LogP contribution in [0, 0.1) is 27.3 Å². The van der Waals surface area contributed by atoms with Crippen LogP contribution in [0.3, 0.4) is 0 Å². The number of amides is 1. The number of non-ortho nitro benzene ring substituents is 1. The Balaban J connectivity index is 1.76. The van der Waals surface area contributed by atoms with E-state index in [2.05, 4.69) is 5.32 Å². The molecular formula is C24H18FN3O5. The van der Waals surface area contributed by atoms with Gasteiger partial charge in [0.1, 0.15) is 24.1 Å². The van der Waals surface area contributed by atoms with Gasteiger partial charge in [-0.05, 0) is 47.5 Å². The number of methoxy groups -OCH3 is 1. The van der Waals surface area contributed by atoms with Crippen LogP contribution in [0.1, 0.15) is 11.1 Å². The number of nitro groups is 1. The molecule has 33 heavy (non-hydrogen) atoms. The summed E-state index contributed by atoms with van der Waals surface area (Å²) in [6, 6.07) is 18.0. The van der Waals surface area contributed by atoms with Crippen LogP contribution in [-0.2, 0) is 11.4 Å². The Morgan fingerprint density at radius 1 is 1.15 bits per heavy atom. The molecule has 0 aliphatic rings. The van der Waals surface area contributed by atoms with Crippen molar-refractivity contribution in [2.24, 2.45) is 0 Å². The molecule has 0 aliphatic heterocycles. The van der Waals surface area contributed by atoms with Crippen LogP contribution >= 0.6 is 0 Å². The summed E-state index contributed by atoms with van der Waals surface area (Å²) in [4.78, 5) is 22.8. The molecule has 1 amide bonds. The van der Waals surface area contributed by atoms with Gasteiger partial charge < -0.3 is 14.8 Å². The summed E-state index contributed by atoms with van der Waals surface area (Å²) in [6.07, 6.45) is 1.35. The lowest BCUT2D eigenvalue weighted by atomic mass is 10.1. The second kappa shape index (κ2) is 10.5. The lowest BCUT2D eigenvalue weighted by molar-refractivity contribution is -0.384. The van der Waals surface area contributed by atoms with Crippen LogP contribution in [0.15, 0.2) is 72.3 Å². The molecule has 9 heteroatoms. The van der Waals surface area contributed by atoms with Gasteiger partial charge >= 0.3 is 0 Å². The van der Waals surface area contributed by atoms with E-state index in [1.165, 1.54) is 49.6 Å². The highest BCUT2D eigenvalue weighted by molar-refractivity contribution is 6.09. The van der Waals surface area contributed by atoms with Crippen molar-refractivity contribution in [2.45, 2.75) is 6.61 Å². The van der Waals surface area contributed by atoms with Gasteiger partial charge in [-0.3, -0.25) is 14.9 Å². The third-order valence-corrected chi connectivity index (χ3v) is 4.46. The number of hydrogen-bond donors (Lipinski definition) is 1. The minimum absolute atomic E-state index is 0.123. The average Bonchev–Trinajstić information content (AvgIpc) is 2.81. The van der Waals surface area contributed by atoms with Crippen molar-refractivity contribution in [2.75, 3.05) is 12.4 Å². The zero-order valence-electron chi connectivity index (χ0n) is 17.4. The standard InChI is InChI=1S/C24H18FN3O5/c1-32-23-12-16(8-9-22(23)33-15-17-4-2-5-19(25)11-17)10-18(14-26)24(29)27-20-6-3-7-21(13-20)28(30)31/h2-13H,15H2,1H3,(H,27,29)/b18-10+. The smallest absolute Gasteiger partial charge is 0.271 e. The molecule has 0 atom stereocenters. The second-order valence-corrected chi connectivity index (χ2v) is 6.76. The third-order valence-electron chi connectivity index (χ3n) is 4.46. The van der Waals surface area contributed by atoms with E-state index < -0.39 is 10.8 Å². The van der Waals surface area contributed by atoms with E-state index in [0.717, 1.165) is 0 Å². The number of nitrogens with one attached hydrogen (secondary N) is 1. The Bertz CT molecular complexity index is 1270. The first-order chi connectivity index (χ1) is 15.9. The Morgan fingerprint density at radius 3 is 2.64 bits per heavy atom. The molecule has 3 aromatic carbocycles. The lowest BCUT2D eigenvalue weighted by Gasteiger charge is -2.12. The Kier molecular flexibility index (Phi) is 7.34. The molecule has 0 radical (unpaired) electrons. The van der Waals surface area contributed by atoms with Crippen LogP contribution in [-0.4, -0.2) is 17.9 Å². The van der Waals surface area contributed by atoms with Gasteiger partial charge in [0.05, 0.1) is 12.0 Å². The minimum atomic E-state index is -0.719. The van der Waals surface area contributed by atoms with Gasteiger partial charge in [0.25, 0.3) is 11.6 Å². The van der Waals surface area contributed by atoms with E-state index in [4.69, 9.17) is 9.47 Å². The average molecular weight is 447 g/mol. The largest absolute Gasteiger partial charge is 0.493 e. The molecule has 0 heterocycles. The summed E-state index contributed by atoms with van der Waals surface area (Å²) < 4.78 is 24.4. The van der Waals surface area contributed by atoms with E-state index in [1.54, 1.807) is 30.3 Å². The molecule has 3 rings (SSSR count). The van der Waals surface area contributed by atoms with Crippen molar-refractivity contribution in [3.8, 4) is 17.6 Å². The summed E-state index contributed by atoms with van der Waals surface area (Å²) in [5, 5.41) is 22.8. The highest BCUT2D eigenvalue weighted by Crippen LogP contribution is 2.30. The molecule has 0 saturated heterocycles. The van der Waals surface area contributed by atoms with Crippen molar-refractivity contribution >= 4 is 23.4 Å². The molecule has 0 fully saturated rings. The molecule has 3 aromatic rings. The monoisotopic (exact) mass is 447 g/mol. The minimum Gasteiger partial charge on any atom is -0.493 e. The van der Waals surface area contributed by atoms with Crippen LogP contribution in [0.5, 0.6) is 11.5 Å². The number of carbonyl (C=O) groups excluding carboxylic acids is 1. The molecule has 166 valence electrons. The summed E-state index contributed by atoms with van der Waals surface area (Å²) >= 11 is 0. The highest BCUT2D eigenvalue weighted by atomic mass is 19.1. The number of nitriles is 1. The number of ether oxygens (including phenoxy) is 2. The van der Waals surface area contributed by atoms with Gasteiger partial charge in [-0.2, -0.15) is 5.26 Å². The zero-order valence-corrected chi connectivity index (χ0v) is 17.4. The van der Waals surface area contributed by atoms with Crippen LogP contribution in [0.4, 0.5) is 15.8 Å². The van der Waals surface area contributed by atoms with Crippen molar-refractivity contribution in [3.05, 3.63) is 99.4 Å². The maximum atomic E-state index is 13.3. The fourth-order valence-corrected chi connectivity index (χ4v) is 2.89. The van der Waals surface area contributed by atoms with Crippen LogP contribution in [0.25, 0.3) is 6.08 Å². The fourth-order valence-electron chi connectivity index (χ4n) is 2.89. The van der Waals surface area contributed by atoms with Crippen molar-refractivity contribution in [1.82, 2.24) is 0 Å². The second-order valence-electron chi connectivity index (χ2n) is 6.76. The lowest BCUT2D eigenvalue weighted by Crippen LogP contribution is -2.13. The number of carbonyl (C=O) groups is 1. The maximum Gasteiger partial charge on any atom is 0.271 e. The molecule has 8 nitrogen and oxygen atoms in total. The first kappa shape index (κ1) is 23.0. The van der Waals surface area contributed by atoms with E-state index in [-0.39, 0.29) is 29.4 Å². The number of halogens is 1. The van der Waals surface area contributed by atoms with Gasteiger partial charge in [-0.25, -0.2) is 4.39 Å². The van der Waals surface area contributed by atoms with Gasteiger partial charge in [0.2, 0.25) is 0 Å². The Labute approximate surface area is 188 Å². The van der Waals surface area contributed by atoms with Gasteiger partial charge in [0, 0.05) is 17.8 Å². The summed E-state index contributed by atoms with van der Waals surface area (Å²) in [6.45, 7) is 0.123. The number of nitro benzene ring substituents is 1. The normalized spacial score (nSPS) is 10.8. The topological polar surface area (TPSA) is 114 Å². The number of rotatable bonds is 8. The van der Waals surface area contributed by atoms with E-state index in [1.807, 2.05) is 6.07 Å². The van der Waals surface area contributed by atoms with Crippen LogP contribution in [0.2, 0.25) is 0 Å². The quantitative estimate of drug-likeness (QED) is 0.228. The van der Waals surface area contributed by atoms with Crippen molar-refractivity contribution in [3.63, 3.8) is 0 Å². The summed E-state index contributed by atoms with van der Waals surface area (Å²) in [5.41, 5.74) is 0.932. The first-order valence-corrected chi connectivity index (χ1v) is 9.62. The predicted octanol–water partition coefficient (Wildman–Crippen LogP) is 4.87. The first-order valence-electron chi connectivity index (χ1n) is 9.62. The Hall–Kier alpha value is -4.71. The van der Waals surface area contributed by atoms with E-state index >= 15 is 0 Å². The summed E-state index contributed by atoms with van der Waals surface area (Å²) in [5.74, 6) is -0.325. The number of hydrogen-bond acceptors (Lipinski definition) is 6. The number of anilines is 1. The number of nitrogens with zero attached hydrogens (tertiary/aromatic N) is 2. The van der Waals surface area contributed by atoms with Gasteiger partial charge in [-0.15, -0.1) is 0 Å². The van der Waals surface area contributed by atoms with E-state index in [0.29, 0.717) is 22.6 Å². The Morgan fingerprint density at radius 2 is 1.94 bits per heavy atom. The predicted molar refractivity (Wildman–Crippen MR) is 119 cm³/mol. The molecule has 0 unspecified atom stereocenters. The highest BCUT2D eigenvalue weighted by Gasteiger charge is 2.13. The van der Waals surface area contributed by atoms with Crippen LogP contribution < -0.4 is 14.8 Å². The van der Waals surface area contributed by atoms with Crippen molar-refractivity contribution < 1.29 is 23.6 Å². The third kappa shape index (κ3) is 6.15. The molecule has 0 spiro atoms. The molecule has 0 saturated carbocycles. The zero-order chi connectivity index (χ0) is 23.8. The fraction of sp³-hybridized carbons (Fsp3) is 0.0833. The van der Waals surface area contributed by atoms with Crippen molar-refractivity contribution in [1.29, 1.82) is 5.26 Å². The molecule has 0 bridgehead atoms. The molecule has 0 aromatic heterocycles. The molecule has 0 aliphatic carbocycles.